The monoisotopic (exact) mass is 360 g/mol. The Morgan fingerprint density at radius 1 is 1.15 bits per heavy atom. The van der Waals surface area contributed by atoms with E-state index in [0.29, 0.717) is 18.7 Å². The summed E-state index contributed by atoms with van der Waals surface area (Å²) < 4.78 is 5.14. The van der Waals surface area contributed by atoms with Crippen molar-refractivity contribution in [1.29, 1.82) is 0 Å². The van der Waals surface area contributed by atoms with Crippen LogP contribution in [0.5, 0.6) is 0 Å². The van der Waals surface area contributed by atoms with Crippen molar-refractivity contribution in [3.05, 3.63) is 35.4 Å². The van der Waals surface area contributed by atoms with Crippen molar-refractivity contribution in [1.82, 2.24) is 10.6 Å². The number of nitrogens with one attached hydrogen (secondary N) is 2. The lowest BCUT2D eigenvalue weighted by molar-refractivity contribution is -0.144. The summed E-state index contributed by atoms with van der Waals surface area (Å²) in [5.41, 5.74) is -0.0844. The number of ether oxygens (including phenoxy) is 1. The van der Waals surface area contributed by atoms with Gasteiger partial charge in [-0.2, -0.15) is 0 Å². The van der Waals surface area contributed by atoms with Crippen LogP contribution in [-0.4, -0.2) is 41.6 Å². The first-order chi connectivity index (χ1) is 12.5. The zero-order chi connectivity index (χ0) is 18.6. The molecule has 7 nitrogen and oxygen atoms in total. The molecule has 1 aromatic carbocycles. The van der Waals surface area contributed by atoms with Gasteiger partial charge in [0.2, 0.25) is 5.91 Å². The van der Waals surface area contributed by atoms with Gasteiger partial charge in [0.05, 0.1) is 6.61 Å². The molecule has 1 heterocycles. The lowest BCUT2D eigenvalue weighted by Gasteiger charge is -2.23. The number of hydrogen-bond donors (Lipinski definition) is 3. The molecule has 3 rings (SSSR count). The lowest BCUT2D eigenvalue weighted by atomic mass is 9.98. The second-order valence-corrected chi connectivity index (χ2v) is 7.04. The van der Waals surface area contributed by atoms with Crippen LogP contribution in [0.3, 0.4) is 0 Å². The maximum atomic E-state index is 12.4. The first-order valence-electron chi connectivity index (χ1n) is 9.00. The Balaban J connectivity index is 1.55. The highest BCUT2D eigenvalue weighted by Crippen LogP contribution is 2.24. The zero-order valence-corrected chi connectivity index (χ0v) is 14.6. The molecule has 0 spiro atoms. The van der Waals surface area contributed by atoms with Gasteiger partial charge in [0.15, 0.2) is 5.54 Å². The third-order valence-electron chi connectivity index (χ3n) is 5.19. The average molecular weight is 360 g/mol. The molecule has 0 bridgehead atoms. The topological polar surface area (TPSA) is 105 Å². The summed E-state index contributed by atoms with van der Waals surface area (Å²) in [4.78, 5) is 35.9. The third-order valence-corrected chi connectivity index (χ3v) is 5.19. The van der Waals surface area contributed by atoms with E-state index < -0.39 is 17.4 Å². The van der Waals surface area contributed by atoms with Gasteiger partial charge in [-0.05, 0) is 30.5 Å². The molecular weight excluding hydrogens is 336 g/mol. The van der Waals surface area contributed by atoms with Crippen LogP contribution in [0.15, 0.2) is 24.3 Å². The minimum atomic E-state index is -1.36. The SMILES string of the molecule is O=C(NC1(C(=O)O)CCOC1)c1ccc(CNC(=O)C2CCCC2)cc1. The zero-order valence-electron chi connectivity index (χ0n) is 14.6. The van der Waals surface area contributed by atoms with Crippen LogP contribution < -0.4 is 10.6 Å². The van der Waals surface area contributed by atoms with Crippen molar-refractivity contribution in [3.63, 3.8) is 0 Å². The summed E-state index contributed by atoms with van der Waals surface area (Å²) in [5.74, 6) is -1.32. The van der Waals surface area contributed by atoms with E-state index in [1.807, 2.05) is 0 Å². The number of benzene rings is 1. The normalized spacial score (nSPS) is 22.9. The van der Waals surface area contributed by atoms with Gasteiger partial charge in [-0.3, -0.25) is 9.59 Å². The maximum Gasteiger partial charge on any atom is 0.331 e. The molecule has 1 aliphatic heterocycles. The Labute approximate surface area is 152 Å². The molecule has 2 fully saturated rings. The van der Waals surface area contributed by atoms with E-state index in [1.54, 1.807) is 24.3 Å². The number of hydrogen-bond acceptors (Lipinski definition) is 4. The number of carbonyl (C=O) groups is 3. The Morgan fingerprint density at radius 2 is 1.85 bits per heavy atom. The minimum absolute atomic E-state index is 0.0284. The molecule has 1 unspecified atom stereocenters. The molecule has 1 aliphatic carbocycles. The molecule has 0 radical (unpaired) electrons. The van der Waals surface area contributed by atoms with Crippen molar-refractivity contribution >= 4 is 17.8 Å². The molecule has 26 heavy (non-hydrogen) atoms. The highest BCUT2D eigenvalue weighted by molar-refractivity contribution is 5.98. The van der Waals surface area contributed by atoms with Crippen LogP contribution in [0.2, 0.25) is 0 Å². The van der Waals surface area contributed by atoms with Crippen LogP contribution in [0.4, 0.5) is 0 Å². The molecular formula is C19H24N2O5. The van der Waals surface area contributed by atoms with Crippen molar-refractivity contribution in [2.75, 3.05) is 13.2 Å². The Morgan fingerprint density at radius 3 is 2.42 bits per heavy atom. The van der Waals surface area contributed by atoms with Crippen LogP contribution in [0.1, 0.15) is 48.0 Å². The summed E-state index contributed by atoms with van der Waals surface area (Å²) in [6.07, 6.45) is 4.40. The van der Waals surface area contributed by atoms with Gasteiger partial charge in [0.25, 0.3) is 5.91 Å². The van der Waals surface area contributed by atoms with Crippen LogP contribution in [0.25, 0.3) is 0 Å². The van der Waals surface area contributed by atoms with Crippen LogP contribution in [0, 0.1) is 5.92 Å². The summed E-state index contributed by atoms with van der Waals surface area (Å²) in [6, 6.07) is 6.81. The molecule has 3 N–H and O–H groups in total. The van der Waals surface area contributed by atoms with Crippen molar-refractivity contribution in [2.45, 2.75) is 44.2 Å². The largest absolute Gasteiger partial charge is 0.479 e. The fraction of sp³-hybridized carbons (Fsp3) is 0.526. The van der Waals surface area contributed by atoms with Gasteiger partial charge in [-0.25, -0.2) is 4.79 Å². The lowest BCUT2D eigenvalue weighted by Crippen LogP contribution is -2.55. The molecule has 1 atom stereocenters. The van der Waals surface area contributed by atoms with Crippen molar-refractivity contribution in [2.24, 2.45) is 5.92 Å². The number of rotatable bonds is 6. The van der Waals surface area contributed by atoms with Crippen molar-refractivity contribution < 1.29 is 24.2 Å². The predicted molar refractivity (Wildman–Crippen MR) is 93.5 cm³/mol. The van der Waals surface area contributed by atoms with E-state index in [2.05, 4.69) is 10.6 Å². The molecule has 7 heteroatoms. The van der Waals surface area contributed by atoms with Crippen molar-refractivity contribution in [3.8, 4) is 0 Å². The molecule has 2 aliphatic rings. The molecule has 140 valence electrons. The standard InChI is InChI=1S/C19H24N2O5/c22-16(14-3-1-2-4-14)20-11-13-5-7-15(8-6-13)17(23)21-19(18(24)25)9-10-26-12-19/h5-8,14H,1-4,9-12H2,(H,20,22)(H,21,23)(H,24,25). The van der Waals surface area contributed by atoms with E-state index in [4.69, 9.17) is 4.74 Å². The molecule has 1 saturated carbocycles. The second-order valence-electron chi connectivity index (χ2n) is 7.04. The van der Waals surface area contributed by atoms with E-state index in [0.717, 1.165) is 31.2 Å². The second kappa shape index (κ2) is 7.86. The fourth-order valence-electron chi connectivity index (χ4n) is 3.47. The molecule has 2 amide bonds. The Kier molecular flexibility index (Phi) is 5.56. The summed E-state index contributed by atoms with van der Waals surface area (Å²) >= 11 is 0. The summed E-state index contributed by atoms with van der Waals surface area (Å²) in [6.45, 7) is 0.704. The van der Waals surface area contributed by atoms with Gasteiger partial charge in [-0.1, -0.05) is 25.0 Å². The summed E-state index contributed by atoms with van der Waals surface area (Å²) in [5, 5.41) is 14.9. The Hall–Kier alpha value is -2.41. The van der Waals surface area contributed by atoms with Crippen LogP contribution in [-0.2, 0) is 20.9 Å². The van der Waals surface area contributed by atoms with Gasteiger partial charge < -0.3 is 20.5 Å². The first-order valence-corrected chi connectivity index (χ1v) is 9.00. The number of carboxylic acids is 1. The highest BCUT2D eigenvalue weighted by atomic mass is 16.5. The van der Waals surface area contributed by atoms with E-state index >= 15 is 0 Å². The third kappa shape index (κ3) is 4.04. The van der Waals surface area contributed by atoms with E-state index in [9.17, 15) is 19.5 Å². The Bertz CT molecular complexity index is 674. The number of carboxylic acid groups (broad SMARTS) is 1. The smallest absolute Gasteiger partial charge is 0.331 e. The molecule has 0 aromatic heterocycles. The first kappa shape index (κ1) is 18.4. The van der Waals surface area contributed by atoms with E-state index in [1.165, 1.54) is 0 Å². The van der Waals surface area contributed by atoms with Gasteiger partial charge in [0.1, 0.15) is 0 Å². The fourth-order valence-corrected chi connectivity index (χ4v) is 3.47. The van der Waals surface area contributed by atoms with Crippen LogP contribution >= 0.6 is 0 Å². The molecule has 1 saturated heterocycles. The summed E-state index contributed by atoms with van der Waals surface area (Å²) in [7, 11) is 0. The average Bonchev–Trinajstić information content (AvgIpc) is 3.32. The number of amides is 2. The molecule has 1 aromatic rings. The highest BCUT2D eigenvalue weighted by Gasteiger charge is 2.44. The predicted octanol–water partition coefficient (Wildman–Crippen LogP) is 1.47. The number of carbonyl (C=O) groups excluding carboxylic acids is 2. The maximum absolute atomic E-state index is 12.4. The van der Waals surface area contributed by atoms with E-state index in [-0.39, 0.29) is 24.9 Å². The number of aliphatic carboxylic acids is 1. The van der Waals surface area contributed by atoms with Gasteiger partial charge in [0, 0.05) is 31.1 Å². The van der Waals surface area contributed by atoms with Gasteiger partial charge >= 0.3 is 5.97 Å². The van der Waals surface area contributed by atoms with Gasteiger partial charge in [-0.15, -0.1) is 0 Å². The minimum Gasteiger partial charge on any atom is -0.479 e. The quantitative estimate of drug-likeness (QED) is 0.712.